The Kier molecular flexibility index (Phi) is 7.34. The number of imidazole rings is 2. The van der Waals surface area contributed by atoms with Gasteiger partial charge in [0.05, 0.1) is 24.2 Å². The zero-order valence-corrected chi connectivity index (χ0v) is 21.2. The molecule has 0 saturated carbocycles. The number of benzene rings is 1. The SMILES string of the molecule is CN/N=C(\C=N)c1ccc(CNc2cc(-c3cnc4cc(OCCc5nccn5C)ccn34)ncn2)cc1. The lowest BCUT2D eigenvalue weighted by Gasteiger charge is -2.09. The van der Waals surface area contributed by atoms with E-state index in [-0.39, 0.29) is 0 Å². The van der Waals surface area contributed by atoms with Crippen molar-refractivity contribution in [2.75, 3.05) is 19.0 Å². The summed E-state index contributed by atoms with van der Waals surface area (Å²) in [6.07, 6.45) is 10.9. The van der Waals surface area contributed by atoms with Crippen LogP contribution in [-0.4, -0.2) is 54.5 Å². The highest BCUT2D eigenvalue weighted by atomic mass is 16.5. The molecule has 192 valence electrons. The molecule has 0 aliphatic carbocycles. The van der Waals surface area contributed by atoms with Gasteiger partial charge in [-0.2, -0.15) is 5.10 Å². The highest BCUT2D eigenvalue weighted by Crippen LogP contribution is 2.23. The fraction of sp³-hybridized carbons (Fsp3) is 0.185. The number of fused-ring (bicyclic) bond motifs is 1. The average molecular weight is 509 g/mol. The first kappa shape index (κ1) is 24.6. The molecule has 0 bridgehead atoms. The molecule has 0 saturated heterocycles. The van der Waals surface area contributed by atoms with Gasteiger partial charge in [-0.05, 0) is 11.6 Å². The van der Waals surface area contributed by atoms with Crippen molar-refractivity contribution < 1.29 is 4.74 Å². The van der Waals surface area contributed by atoms with Crippen LogP contribution in [-0.2, 0) is 20.0 Å². The number of nitrogens with one attached hydrogen (secondary N) is 3. The molecule has 1 aromatic carbocycles. The van der Waals surface area contributed by atoms with Crippen LogP contribution in [0.5, 0.6) is 5.75 Å². The Hall–Kier alpha value is -5.06. The van der Waals surface area contributed by atoms with E-state index in [4.69, 9.17) is 10.1 Å². The second kappa shape index (κ2) is 11.3. The molecule has 3 N–H and O–H groups in total. The number of aryl methyl sites for hydroxylation is 1. The first-order valence-electron chi connectivity index (χ1n) is 12.1. The highest BCUT2D eigenvalue weighted by Gasteiger charge is 2.10. The summed E-state index contributed by atoms with van der Waals surface area (Å²) in [7, 11) is 3.69. The molecule has 0 unspecified atom stereocenters. The van der Waals surface area contributed by atoms with Gasteiger partial charge in [0.25, 0.3) is 0 Å². The van der Waals surface area contributed by atoms with Gasteiger partial charge >= 0.3 is 0 Å². The first-order valence-corrected chi connectivity index (χ1v) is 12.1. The molecular weight excluding hydrogens is 480 g/mol. The summed E-state index contributed by atoms with van der Waals surface area (Å²) in [5.41, 5.74) is 7.63. The lowest BCUT2D eigenvalue weighted by Crippen LogP contribution is -2.08. The maximum absolute atomic E-state index is 7.51. The normalized spacial score (nSPS) is 11.5. The summed E-state index contributed by atoms with van der Waals surface area (Å²) in [6.45, 7) is 1.12. The molecule has 38 heavy (non-hydrogen) atoms. The Morgan fingerprint density at radius 1 is 1.08 bits per heavy atom. The van der Waals surface area contributed by atoms with Crippen molar-refractivity contribution in [3.8, 4) is 17.1 Å². The summed E-state index contributed by atoms with van der Waals surface area (Å²) in [5, 5.41) is 15.0. The summed E-state index contributed by atoms with van der Waals surface area (Å²) < 4.78 is 9.89. The molecule has 0 aliphatic rings. The van der Waals surface area contributed by atoms with Crippen molar-refractivity contribution in [3.63, 3.8) is 0 Å². The number of aromatic nitrogens is 6. The zero-order valence-electron chi connectivity index (χ0n) is 21.2. The van der Waals surface area contributed by atoms with Gasteiger partial charge in [-0.15, -0.1) is 0 Å². The van der Waals surface area contributed by atoms with Gasteiger partial charge in [-0.1, -0.05) is 24.3 Å². The van der Waals surface area contributed by atoms with Crippen LogP contribution in [0.2, 0.25) is 0 Å². The molecule has 0 radical (unpaired) electrons. The number of hydrogen-bond acceptors (Lipinski definition) is 9. The summed E-state index contributed by atoms with van der Waals surface area (Å²) in [4.78, 5) is 17.7. The summed E-state index contributed by atoms with van der Waals surface area (Å²) in [6, 6.07) is 13.6. The molecule has 11 nitrogen and oxygen atoms in total. The third-order valence-corrected chi connectivity index (χ3v) is 6.02. The molecule has 11 heteroatoms. The molecule has 0 aliphatic heterocycles. The van der Waals surface area contributed by atoms with Crippen LogP contribution >= 0.6 is 0 Å². The molecule has 5 aromatic rings. The molecule has 0 amide bonds. The molecule has 4 aromatic heterocycles. The number of anilines is 1. The van der Waals surface area contributed by atoms with E-state index >= 15 is 0 Å². The van der Waals surface area contributed by atoms with Gasteiger partial charge in [0.1, 0.15) is 35.1 Å². The van der Waals surface area contributed by atoms with Crippen LogP contribution < -0.4 is 15.5 Å². The third-order valence-electron chi connectivity index (χ3n) is 6.02. The van der Waals surface area contributed by atoms with E-state index in [1.54, 1.807) is 25.8 Å². The van der Waals surface area contributed by atoms with E-state index < -0.39 is 0 Å². The molecule has 0 atom stereocenters. The van der Waals surface area contributed by atoms with E-state index in [0.29, 0.717) is 24.7 Å². The minimum absolute atomic E-state index is 0.533. The van der Waals surface area contributed by atoms with Crippen molar-refractivity contribution >= 4 is 23.4 Å². The van der Waals surface area contributed by atoms with Crippen LogP contribution in [0.3, 0.4) is 0 Å². The number of hydrogen-bond donors (Lipinski definition) is 3. The van der Waals surface area contributed by atoms with Gasteiger partial charge < -0.3 is 25.5 Å². The van der Waals surface area contributed by atoms with Crippen molar-refractivity contribution in [2.24, 2.45) is 12.1 Å². The molecular formula is C27H28N10O. The lowest BCUT2D eigenvalue weighted by atomic mass is 10.1. The monoisotopic (exact) mass is 508 g/mol. The Morgan fingerprint density at radius 2 is 1.95 bits per heavy atom. The third kappa shape index (κ3) is 5.51. The Balaban J connectivity index is 1.24. The number of nitrogens with zero attached hydrogens (tertiary/aromatic N) is 7. The molecule has 0 spiro atoms. The van der Waals surface area contributed by atoms with Crippen LogP contribution in [0.15, 0.2) is 78.7 Å². The summed E-state index contributed by atoms with van der Waals surface area (Å²) in [5.74, 6) is 2.44. The quantitative estimate of drug-likeness (QED) is 0.184. The van der Waals surface area contributed by atoms with Gasteiger partial charge in [-0.25, -0.2) is 19.9 Å². The van der Waals surface area contributed by atoms with E-state index in [9.17, 15) is 0 Å². The smallest absolute Gasteiger partial charge is 0.140 e. The maximum Gasteiger partial charge on any atom is 0.140 e. The number of rotatable bonds is 11. The van der Waals surface area contributed by atoms with Crippen LogP contribution in [0.25, 0.3) is 17.0 Å². The van der Waals surface area contributed by atoms with E-state index in [1.165, 1.54) is 6.21 Å². The van der Waals surface area contributed by atoms with Crippen LogP contribution in [0.4, 0.5) is 5.82 Å². The van der Waals surface area contributed by atoms with Crippen molar-refractivity contribution in [1.82, 2.24) is 34.3 Å². The van der Waals surface area contributed by atoms with Gasteiger partial charge in [0, 0.05) is 69.6 Å². The minimum Gasteiger partial charge on any atom is -0.493 e. The second-order valence-electron chi connectivity index (χ2n) is 8.49. The largest absolute Gasteiger partial charge is 0.493 e. The molecule has 4 heterocycles. The van der Waals surface area contributed by atoms with Crippen LogP contribution in [0.1, 0.15) is 17.0 Å². The predicted octanol–water partition coefficient (Wildman–Crippen LogP) is 3.33. The highest BCUT2D eigenvalue weighted by molar-refractivity contribution is 6.37. The predicted molar refractivity (Wildman–Crippen MR) is 147 cm³/mol. The molecule has 0 fully saturated rings. The average Bonchev–Trinajstić information content (AvgIpc) is 3.56. The van der Waals surface area contributed by atoms with Gasteiger partial charge in [0.2, 0.25) is 0 Å². The van der Waals surface area contributed by atoms with Crippen molar-refractivity contribution in [2.45, 2.75) is 13.0 Å². The number of pyridine rings is 1. The van der Waals surface area contributed by atoms with Gasteiger partial charge in [-0.3, -0.25) is 4.40 Å². The fourth-order valence-electron chi connectivity index (χ4n) is 4.02. The Labute approximate surface area is 219 Å². The second-order valence-corrected chi connectivity index (χ2v) is 8.49. The Morgan fingerprint density at radius 3 is 2.71 bits per heavy atom. The first-order chi connectivity index (χ1) is 18.6. The van der Waals surface area contributed by atoms with Crippen LogP contribution in [0, 0.1) is 5.41 Å². The lowest BCUT2D eigenvalue weighted by molar-refractivity contribution is 0.317. The van der Waals surface area contributed by atoms with E-state index in [2.05, 4.69) is 35.8 Å². The maximum atomic E-state index is 7.51. The van der Waals surface area contributed by atoms with Crippen molar-refractivity contribution in [3.05, 3.63) is 90.5 Å². The van der Waals surface area contributed by atoms with E-state index in [0.717, 1.165) is 46.2 Å². The van der Waals surface area contributed by atoms with Crippen molar-refractivity contribution in [1.29, 1.82) is 5.41 Å². The minimum atomic E-state index is 0.533. The number of hydrazone groups is 1. The Bertz CT molecular complexity index is 1570. The number of ether oxygens (including phenoxy) is 1. The summed E-state index contributed by atoms with van der Waals surface area (Å²) >= 11 is 0. The fourth-order valence-corrected chi connectivity index (χ4v) is 4.02. The standard InChI is InChI=1S/C27H28N10O/c1-29-35-23(15-28)20-5-3-19(4-6-20)16-31-25-14-22(33-18-34-25)24-17-32-27-13-21(7-10-37(24)27)38-12-8-26-30-9-11-36(26)2/h3-7,9-11,13-15,17-18,28-29H,8,12,16H2,1-2H3,(H,31,33,34)/b28-15?,35-23+. The molecule has 5 rings (SSSR count). The zero-order chi connectivity index (χ0) is 26.3. The topological polar surface area (TPSA) is 130 Å². The van der Waals surface area contributed by atoms with E-state index in [1.807, 2.05) is 70.9 Å². The van der Waals surface area contributed by atoms with Gasteiger partial charge in [0.15, 0.2) is 0 Å².